The first kappa shape index (κ1) is 13.9. The van der Waals surface area contributed by atoms with Crippen molar-refractivity contribution in [2.75, 3.05) is 20.2 Å². The van der Waals surface area contributed by atoms with E-state index in [1.54, 1.807) is 0 Å². The maximum atomic E-state index is 6.07. The number of nitrogens with zero attached hydrogens (tertiary/aromatic N) is 1. The normalized spacial score (nSPS) is 19.1. The van der Waals surface area contributed by atoms with Gasteiger partial charge in [0.05, 0.1) is 6.61 Å². The van der Waals surface area contributed by atoms with Crippen LogP contribution in [0.15, 0.2) is 60.7 Å². The zero-order valence-corrected chi connectivity index (χ0v) is 12.8. The van der Waals surface area contributed by atoms with E-state index >= 15 is 0 Å². The molecular weight excluding hydrogens is 258 g/mol. The van der Waals surface area contributed by atoms with Crippen molar-refractivity contribution < 1.29 is 9.31 Å². The number of ether oxygens (including phenoxy) is 1. The van der Waals surface area contributed by atoms with Gasteiger partial charge in [0.25, 0.3) is 0 Å². The third-order valence-electron chi connectivity index (χ3n) is 4.44. The van der Waals surface area contributed by atoms with Gasteiger partial charge in [-0.2, -0.15) is 0 Å². The second-order valence-electron chi connectivity index (χ2n) is 5.56. The summed E-state index contributed by atoms with van der Waals surface area (Å²) in [4.78, 5) is 0. The van der Waals surface area contributed by atoms with E-state index in [9.17, 15) is 0 Å². The Hall–Kier alpha value is -2.09. The van der Waals surface area contributed by atoms with Gasteiger partial charge >= 0.3 is 5.90 Å². The highest BCUT2D eigenvalue weighted by Crippen LogP contribution is 2.41. The van der Waals surface area contributed by atoms with Crippen LogP contribution in [0.4, 0.5) is 0 Å². The van der Waals surface area contributed by atoms with E-state index in [4.69, 9.17) is 4.74 Å². The predicted octanol–water partition coefficient (Wildman–Crippen LogP) is 3.45. The number of benzene rings is 2. The summed E-state index contributed by atoms with van der Waals surface area (Å²) < 4.78 is 8.30. The Morgan fingerprint density at radius 2 is 1.48 bits per heavy atom. The third-order valence-corrected chi connectivity index (χ3v) is 4.44. The van der Waals surface area contributed by atoms with E-state index in [-0.39, 0.29) is 5.41 Å². The molecule has 2 heteroatoms. The lowest BCUT2D eigenvalue weighted by Crippen LogP contribution is -2.38. The molecule has 0 aromatic heterocycles. The van der Waals surface area contributed by atoms with Crippen molar-refractivity contribution in [1.82, 2.24) is 0 Å². The molecule has 1 saturated heterocycles. The van der Waals surface area contributed by atoms with Crippen LogP contribution in [0.5, 0.6) is 0 Å². The number of hydrogen-bond donors (Lipinski definition) is 0. The maximum Gasteiger partial charge on any atom is 0.351 e. The fourth-order valence-corrected chi connectivity index (χ4v) is 3.26. The molecule has 21 heavy (non-hydrogen) atoms. The van der Waals surface area contributed by atoms with Crippen LogP contribution < -0.4 is 0 Å². The summed E-state index contributed by atoms with van der Waals surface area (Å²) in [6.07, 6.45) is 0.987. The molecule has 2 nitrogen and oxygen atoms in total. The first-order valence-corrected chi connectivity index (χ1v) is 7.61. The molecular formula is C19H22NO+. The second kappa shape index (κ2) is 5.72. The highest BCUT2D eigenvalue weighted by molar-refractivity contribution is 5.90. The third kappa shape index (κ3) is 2.25. The Kier molecular flexibility index (Phi) is 3.78. The van der Waals surface area contributed by atoms with Crippen LogP contribution in [0, 0.1) is 0 Å². The fraction of sp³-hybridized carbons (Fsp3) is 0.316. The van der Waals surface area contributed by atoms with Gasteiger partial charge in [0.1, 0.15) is 19.0 Å². The minimum Gasteiger partial charge on any atom is -0.447 e. The van der Waals surface area contributed by atoms with Gasteiger partial charge in [-0.3, -0.25) is 0 Å². The van der Waals surface area contributed by atoms with Crippen LogP contribution in [-0.4, -0.2) is 30.7 Å². The summed E-state index contributed by atoms with van der Waals surface area (Å²) in [5, 5.41) is 0. The van der Waals surface area contributed by atoms with Gasteiger partial charge in [0.2, 0.25) is 0 Å². The highest BCUT2D eigenvalue weighted by atomic mass is 16.5. The molecule has 0 atom stereocenters. The molecule has 0 aliphatic carbocycles. The van der Waals surface area contributed by atoms with Crippen molar-refractivity contribution in [1.29, 1.82) is 0 Å². The topological polar surface area (TPSA) is 12.2 Å². The highest BCUT2D eigenvalue weighted by Gasteiger charge is 2.50. The van der Waals surface area contributed by atoms with Crippen molar-refractivity contribution in [3.05, 3.63) is 71.8 Å². The van der Waals surface area contributed by atoms with Crippen molar-refractivity contribution in [2.45, 2.75) is 18.8 Å². The average Bonchev–Trinajstić information content (AvgIpc) is 3.02. The predicted molar refractivity (Wildman–Crippen MR) is 86.0 cm³/mol. The molecule has 108 valence electrons. The Morgan fingerprint density at radius 1 is 0.952 bits per heavy atom. The van der Waals surface area contributed by atoms with Crippen LogP contribution >= 0.6 is 0 Å². The molecule has 2 aromatic carbocycles. The summed E-state index contributed by atoms with van der Waals surface area (Å²) in [5.74, 6) is 1.07. The van der Waals surface area contributed by atoms with Crippen molar-refractivity contribution >= 4 is 5.90 Å². The molecule has 0 radical (unpaired) electrons. The first-order chi connectivity index (χ1) is 10.3. The minimum atomic E-state index is -0.159. The Labute approximate surface area is 126 Å². The van der Waals surface area contributed by atoms with Crippen LogP contribution in [0.25, 0.3) is 0 Å². The SMILES string of the molecule is CC[N+](C)=C1OCCC1(c1ccccc1)c1ccccc1. The van der Waals surface area contributed by atoms with Gasteiger partial charge in [-0.05, 0) is 18.1 Å². The molecule has 1 fully saturated rings. The molecule has 0 unspecified atom stereocenters. The van der Waals surface area contributed by atoms with E-state index in [0.29, 0.717) is 0 Å². The molecule has 0 N–H and O–H groups in total. The Bertz CT molecular complexity index is 592. The molecule has 1 heterocycles. The lowest BCUT2D eigenvalue weighted by atomic mass is 9.73. The van der Waals surface area contributed by atoms with E-state index in [0.717, 1.165) is 25.5 Å². The summed E-state index contributed by atoms with van der Waals surface area (Å²) >= 11 is 0. The van der Waals surface area contributed by atoms with Crippen LogP contribution in [0.3, 0.4) is 0 Å². The lowest BCUT2D eigenvalue weighted by molar-refractivity contribution is -0.504. The van der Waals surface area contributed by atoms with Gasteiger partial charge in [0, 0.05) is 6.42 Å². The quantitative estimate of drug-likeness (QED) is 0.784. The first-order valence-electron chi connectivity index (χ1n) is 7.61. The van der Waals surface area contributed by atoms with Crippen LogP contribution in [0.1, 0.15) is 24.5 Å². The Morgan fingerprint density at radius 3 is 1.95 bits per heavy atom. The van der Waals surface area contributed by atoms with Gasteiger partial charge in [-0.1, -0.05) is 60.7 Å². The van der Waals surface area contributed by atoms with Gasteiger partial charge in [-0.25, -0.2) is 4.58 Å². The number of hydrogen-bond acceptors (Lipinski definition) is 1. The van der Waals surface area contributed by atoms with Crippen molar-refractivity contribution in [3.63, 3.8) is 0 Å². The van der Waals surface area contributed by atoms with E-state index in [1.807, 2.05) is 0 Å². The lowest BCUT2D eigenvalue weighted by Gasteiger charge is -2.26. The second-order valence-corrected chi connectivity index (χ2v) is 5.56. The molecule has 0 bridgehead atoms. The molecule has 3 rings (SSSR count). The molecule has 0 saturated carbocycles. The van der Waals surface area contributed by atoms with Crippen LogP contribution in [-0.2, 0) is 10.2 Å². The average molecular weight is 280 g/mol. The van der Waals surface area contributed by atoms with E-state index in [2.05, 4.69) is 79.2 Å². The van der Waals surface area contributed by atoms with Crippen molar-refractivity contribution in [2.24, 2.45) is 0 Å². The van der Waals surface area contributed by atoms with Gasteiger partial charge in [-0.15, -0.1) is 0 Å². The smallest absolute Gasteiger partial charge is 0.351 e. The van der Waals surface area contributed by atoms with Crippen LogP contribution in [0.2, 0.25) is 0 Å². The Balaban J connectivity index is 2.26. The molecule has 0 amide bonds. The fourth-order valence-electron chi connectivity index (χ4n) is 3.26. The van der Waals surface area contributed by atoms with E-state index < -0.39 is 0 Å². The monoisotopic (exact) mass is 280 g/mol. The van der Waals surface area contributed by atoms with Crippen molar-refractivity contribution in [3.8, 4) is 0 Å². The summed E-state index contributed by atoms with van der Waals surface area (Å²) in [6.45, 7) is 3.87. The molecule has 0 spiro atoms. The summed E-state index contributed by atoms with van der Waals surface area (Å²) in [6, 6.07) is 21.4. The largest absolute Gasteiger partial charge is 0.447 e. The molecule has 1 aliphatic rings. The molecule has 1 aliphatic heterocycles. The summed E-state index contributed by atoms with van der Waals surface area (Å²) in [5.41, 5.74) is 2.46. The minimum absolute atomic E-state index is 0.159. The summed E-state index contributed by atoms with van der Waals surface area (Å²) in [7, 11) is 2.11. The standard InChI is InChI=1S/C19H22NO/c1-3-20(2)18-19(14-15-21-18,16-10-6-4-7-11-16)17-12-8-5-9-13-17/h4-13H,3,14-15H2,1-2H3/q+1. The van der Waals surface area contributed by atoms with Gasteiger partial charge < -0.3 is 4.74 Å². The van der Waals surface area contributed by atoms with E-state index in [1.165, 1.54) is 11.1 Å². The zero-order valence-electron chi connectivity index (χ0n) is 12.8. The molecule has 2 aromatic rings. The van der Waals surface area contributed by atoms with Gasteiger partial charge in [0.15, 0.2) is 0 Å². The maximum absolute atomic E-state index is 6.07. The number of rotatable bonds is 3. The zero-order chi connectivity index (χ0) is 14.7.